The minimum atomic E-state index is 0.112. The van der Waals surface area contributed by atoms with Crippen molar-refractivity contribution in [3.63, 3.8) is 0 Å². The molecule has 0 spiro atoms. The third kappa shape index (κ3) is 4.94. The van der Waals surface area contributed by atoms with Crippen LogP contribution >= 0.6 is 0 Å². The summed E-state index contributed by atoms with van der Waals surface area (Å²) in [5.41, 5.74) is 6.28. The number of ether oxygens (including phenoxy) is 2. The SMILES string of the molecule is CCC(N)C(OCC1CCOCC1)C(C)(C)C. The molecule has 1 heterocycles. The Morgan fingerprint density at radius 1 is 1.29 bits per heavy atom. The normalized spacial score (nSPS) is 22.4. The second kappa shape index (κ2) is 6.72. The van der Waals surface area contributed by atoms with Crippen LogP contribution in [0.1, 0.15) is 47.0 Å². The van der Waals surface area contributed by atoms with E-state index in [9.17, 15) is 0 Å². The van der Waals surface area contributed by atoms with Crippen LogP contribution < -0.4 is 5.73 Å². The van der Waals surface area contributed by atoms with Crippen LogP contribution in [0.3, 0.4) is 0 Å². The summed E-state index contributed by atoms with van der Waals surface area (Å²) in [6, 6.07) is 0.134. The predicted octanol–water partition coefficient (Wildman–Crippen LogP) is 2.58. The van der Waals surface area contributed by atoms with Crippen molar-refractivity contribution >= 4 is 0 Å². The van der Waals surface area contributed by atoms with Gasteiger partial charge in [0.1, 0.15) is 0 Å². The van der Waals surface area contributed by atoms with Crippen molar-refractivity contribution in [2.24, 2.45) is 17.1 Å². The monoisotopic (exact) mass is 243 g/mol. The van der Waals surface area contributed by atoms with Crippen LogP contribution in [0.15, 0.2) is 0 Å². The van der Waals surface area contributed by atoms with Crippen molar-refractivity contribution in [3.05, 3.63) is 0 Å². The van der Waals surface area contributed by atoms with Crippen molar-refractivity contribution in [1.29, 1.82) is 0 Å². The highest BCUT2D eigenvalue weighted by molar-refractivity contribution is 4.83. The first kappa shape index (κ1) is 14.9. The molecule has 3 heteroatoms. The molecule has 0 aromatic carbocycles. The third-order valence-electron chi connectivity index (χ3n) is 3.57. The van der Waals surface area contributed by atoms with Gasteiger partial charge in [0, 0.05) is 19.3 Å². The fraction of sp³-hybridized carbons (Fsp3) is 1.00. The van der Waals surface area contributed by atoms with E-state index in [0.29, 0.717) is 5.92 Å². The first-order valence-corrected chi connectivity index (χ1v) is 6.90. The maximum absolute atomic E-state index is 6.17. The van der Waals surface area contributed by atoms with Crippen LogP contribution in [0, 0.1) is 11.3 Å². The highest BCUT2D eigenvalue weighted by atomic mass is 16.5. The molecule has 0 radical (unpaired) electrons. The molecule has 17 heavy (non-hydrogen) atoms. The van der Waals surface area contributed by atoms with E-state index in [2.05, 4.69) is 27.7 Å². The molecule has 0 aromatic rings. The van der Waals surface area contributed by atoms with Gasteiger partial charge in [0.15, 0.2) is 0 Å². The molecule has 102 valence electrons. The van der Waals surface area contributed by atoms with Crippen molar-refractivity contribution < 1.29 is 9.47 Å². The Morgan fingerprint density at radius 3 is 2.35 bits per heavy atom. The molecule has 2 atom stereocenters. The first-order chi connectivity index (χ1) is 7.95. The van der Waals surface area contributed by atoms with Gasteiger partial charge in [0.2, 0.25) is 0 Å². The fourth-order valence-corrected chi connectivity index (χ4v) is 2.38. The minimum absolute atomic E-state index is 0.112. The molecular formula is C14H29NO2. The molecule has 2 unspecified atom stereocenters. The highest BCUT2D eigenvalue weighted by Crippen LogP contribution is 2.27. The highest BCUT2D eigenvalue weighted by Gasteiger charge is 2.31. The number of rotatable bonds is 5. The Balaban J connectivity index is 2.43. The quantitative estimate of drug-likeness (QED) is 0.807. The Labute approximate surface area is 106 Å². The van der Waals surface area contributed by atoms with Crippen molar-refractivity contribution in [1.82, 2.24) is 0 Å². The zero-order valence-corrected chi connectivity index (χ0v) is 11.9. The molecule has 0 aliphatic carbocycles. The Kier molecular flexibility index (Phi) is 5.90. The molecule has 1 aliphatic rings. The zero-order chi connectivity index (χ0) is 12.9. The minimum Gasteiger partial charge on any atom is -0.381 e. The van der Waals surface area contributed by atoms with Crippen LogP contribution in [0.25, 0.3) is 0 Å². The molecule has 0 saturated carbocycles. The summed E-state index contributed by atoms with van der Waals surface area (Å²) in [4.78, 5) is 0. The lowest BCUT2D eigenvalue weighted by Gasteiger charge is -2.36. The molecule has 1 rings (SSSR count). The number of hydrogen-bond donors (Lipinski definition) is 1. The maximum atomic E-state index is 6.17. The van der Waals surface area contributed by atoms with Gasteiger partial charge < -0.3 is 15.2 Å². The summed E-state index contributed by atoms with van der Waals surface area (Å²) in [5, 5.41) is 0. The summed E-state index contributed by atoms with van der Waals surface area (Å²) >= 11 is 0. The van der Waals surface area contributed by atoms with E-state index in [1.165, 1.54) is 0 Å². The van der Waals surface area contributed by atoms with Gasteiger partial charge in [-0.2, -0.15) is 0 Å². The molecule has 3 nitrogen and oxygen atoms in total. The summed E-state index contributed by atoms with van der Waals surface area (Å²) < 4.78 is 11.5. The Hall–Kier alpha value is -0.120. The second-order valence-corrected chi connectivity index (χ2v) is 6.25. The van der Waals surface area contributed by atoms with E-state index in [1.54, 1.807) is 0 Å². The topological polar surface area (TPSA) is 44.5 Å². The Bertz CT molecular complexity index is 207. The van der Waals surface area contributed by atoms with Crippen LogP contribution in [0.4, 0.5) is 0 Å². The average molecular weight is 243 g/mol. The number of hydrogen-bond acceptors (Lipinski definition) is 3. The van der Waals surface area contributed by atoms with Gasteiger partial charge in [-0.1, -0.05) is 27.7 Å². The fourth-order valence-electron chi connectivity index (χ4n) is 2.38. The van der Waals surface area contributed by atoms with Crippen LogP contribution in [-0.2, 0) is 9.47 Å². The number of nitrogens with two attached hydrogens (primary N) is 1. The van der Waals surface area contributed by atoms with Gasteiger partial charge in [-0.25, -0.2) is 0 Å². The van der Waals surface area contributed by atoms with Gasteiger partial charge in [0.25, 0.3) is 0 Å². The molecule has 0 amide bonds. The van der Waals surface area contributed by atoms with Crippen LogP contribution in [0.2, 0.25) is 0 Å². The van der Waals surface area contributed by atoms with Crippen LogP contribution in [0.5, 0.6) is 0 Å². The van der Waals surface area contributed by atoms with Gasteiger partial charge in [-0.05, 0) is 30.6 Å². The lowest BCUT2D eigenvalue weighted by atomic mass is 9.84. The lowest BCUT2D eigenvalue weighted by Crippen LogP contribution is -2.45. The summed E-state index contributed by atoms with van der Waals surface area (Å²) in [6.45, 7) is 11.3. The van der Waals surface area contributed by atoms with Gasteiger partial charge >= 0.3 is 0 Å². The van der Waals surface area contributed by atoms with Gasteiger partial charge in [-0.3, -0.25) is 0 Å². The van der Waals surface area contributed by atoms with Gasteiger partial charge in [-0.15, -0.1) is 0 Å². The van der Waals surface area contributed by atoms with Crippen molar-refractivity contribution in [2.45, 2.75) is 59.1 Å². The standard InChI is InChI=1S/C14H29NO2/c1-5-12(15)13(14(2,3)4)17-10-11-6-8-16-9-7-11/h11-13H,5-10,15H2,1-4H3. The Morgan fingerprint density at radius 2 is 1.88 bits per heavy atom. The first-order valence-electron chi connectivity index (χ1n) is 6.90. The molecule has 1 fully saturated rings. The van der Waals surface area contributed by atoms with Crippen LogP contribution in [-0.4, -0.2) is 32.0 Å². The van der Waals surface area contributed by atoms with E-state index in [1.807, 2.05) is 0 Å². The smallest absolute Gasteiger partial charge is 0.0774 e. The van der Waals surface area contributed by atoms with E-state index in [4.69, 9.17) is 15.2 Å². The van der Waals surface area contributed by atoms with E-state index >= 15 is 0 Å². The summed E-state index contributed by atoms with van der Waals surface area (Å²) in [5.74, 6) is 0.651. The van der Waals surface area contributed by atoms with E-state index in [-0.39, 0.29) is 17.6 Å². The molecule has 2 N–H and O–H groups in total. The molecular weight excluding hydrogens is 214 g/mol. The zero-order valence-electron chi connectivity index (χ0n) is 11.9. The summed E-state index contributed by atoms with van der Waals surface area (Å²) in [7, 11) is 0. The van der Waals surface area contributed by atoms with E-state index < -0.39 is 0 Å². The lowest BCUT2D eigenvalue weighted by molar-refractivity contribution is -0.0636. The van der Waals surface area contributed by atoms with Crippen molar-refractivity contribution in [2.75, 3.05) is 19.8 Å². The van der Waals surface area contributed by atoms with E-state index in [0.717, 1.165) is 39.1 Å². The molecule has 0 bridgehead atoms. The molecule has 1 aliphatic heterocycles. The maximum Gasteiger partial charge on any atom is 0.0774 e. The average Bonchev–Trinajstić information content (AvgIpc) is 2.28. The van der Waals surface area contributed by atoms with Crippen molar-refractivity contribution in [3.8, 4) is 0 Å². The molecule has 1 saturated heterocycles. The summed E-state index contributed by atoms with van der Waals surface area (Å²) in [6.07, 6.45) is 3.36. The third-order valence-corrected chi connectivity index (χ3v) is 3.57. The molecule has 0 aromatic heterocycles. The predicted molar refractivity (Wildman–Crippen MR) is 71.0 cm³/mol. The second-order valence-electron chi connectivity index (χ2n) is 6.25. The largest absolute Gasteiger partial charge is 0.381 e. The van der Waals surface area contributed by atoms with Gasteiger partial charge in [0.05, 0.1) is 12.7 Å².